The van der Waals surface area contributed by atoms with E-state index in [4.69, 9.17) is 0 Å². The normalized spacial score (nSPS) is 22.2. The van der Waals surface area contributed by atoms with Crippen LogP contribution in [0.15, 0.2) is 0 Å². The van der Waals surface area contributed by atoms with Crippen LogP contribution in [0.2, 0.25) is 0 Å². The molecule has 1 rings (SSSR count). The van der Waals surface area contributed by atoms with E-state index in [2.05, 4.69) is 4.72 Å². The van der Waals surface area contributed by atoms with Crippen molar-refractivity contribution in [2.45, 2.75) is 51.0 Å². The molecule has 0 unspecified atom stereocenters. The van der Waals surface area contributed by atoms with Crippen LogP contribution in [-0.2, 0) is 10.0 Å². The van der Waals surface area contributed by atoms with Crippen LogP contribution in [0, 0.1) is 0 Å². The zero-order valence-electron chi connectivity index (χ0n) is 8.25. The second-order valence-corrected chi connectivity index (χ2v) is 5.71. The van der Waals surface area contributed by atoms with Crippen molar-refractivity contribution in [2.75, 3.05) is 6.26 Å². The van der Waals surface area contributed by atoms with Gasteiger partial charge >= 0.3 is 0 Å². The maximum atomic E-state index is 11.0. The summed E-state index contributed by atoms with van der Waals surface area (Å²) >= 11 is 0. The Balaban J connectivity index is 2.38. The van der Waals surface area contributed by atoms with Crippen molar-refractivity contribution in [3.05, 3.63) is 0 Å². The summed E-state index contributed by atoms with van der Waals surface area (Å²) in [4.78, 5) is 0. The molecule has 13 heavy (non-hydrogen) atoms. The van der Waals surface area contributed by atoms with Gasteiger partial charge in [-0.2, -0.15) is 0 Å². The molecule has 1 aliphatic rings. The largest absolute Gasteiger partial charge is 0.213 e. The van der Waals surface area contributed by atoms with Gasteiger partial charge in [0.05, 0.1) is 6.26 Å². The third-order valence-electron chi connectivity index (χ3n) is 2.49. The Hall–Kier alpha value is -0.0900. The van der Waals surface area contributed by atoms with E-state index >= 15 is 0 Å². The molecule has 0 heterocycles. The van der Waals surface area contributed by atoms with Crippen molar-refractivity contribution in [2.24, 2.45) is 0 Å². The van der Waals surface area contributed by atoms with Gasteiger partial charge in [-0.05, 0) is 12.8 Å². The molecule has 78 valence electrons. The van der Waals surface area contributed by atoms with Gasteiger partial charge in [-0.15, -0.1) is 0 Å². The Morgan fingerprint density at radius 3 is 1.92 bits per heavy atom. The van der Waals surface area contributed by atoms with E-state index < -0.39 is 10.0 Å². The topological polar surface area (TPSA) is 46.2 Å². The highest BCUT2D eigenvalue weighted by Crippen LogP contribution is 2.17. The lowest BCUT2D eigenvalue weighted by Crippen LogP contribution is -2.34. The first-order valence-electron chi connectivity index (χ1n) is 5.05. The molecule has 1 aliphatic carbocycles. The number of hydrogen-bond donors (Lipinski definition) is 1. The van der Waals surface area contributed by atoms with Crippen molar-refractivity contribution < 1.29 is 8.42 Å². The number of nitrogens with one attached hydrogen (secondary N) is 1. The second-order valence-electron chi connectivity index (χ2n) is 3.93. The summed E-state index contributed by atoms with van der Waals surface area (Å²) in [7, 11) is -3.00. The highest BCUT2D eigenvalue weighted by Gasteiger charge is 2.14. The van der Waals surface area contributed by atoms with Crippen molar-refractivity contribution >= 4 is 10.0 Å². The fourth-order valence-electron chi connectivity index (χ4n) is 1.88. The predicted molar refractivity (Wildman–Crippen MR) is 54.1 cm³/mol. The zero-order valence-corrected chi connectivity index (χ0v) is 9.07. The molecule has 0 atom stereocenters. The summed E-state index contributed by atoms with van der Waals surface area (Å²) in [6.07, 6.45) is 9.39. The van der Waals surface area contributed by atoms with Gasteiger partial charge in [0.1, 0.15) is 0 Å². The Labute approximate surface area is 81.0 Å². The molecule has 0 aromatic carbocycles. The number of hydrogen-bond acceptors (Lipinski definition) is 2. The maximum absolute atomic E-state index is 11.0. The van der Waals surface area contributed by atoms with E-state index in [1.165, 1.54) is 25.5 Å². The summed E-state index contributed by atoms with van der Waals surface area (Å²) in [5, 5.41) is 0. The summed E-state index contributed by atoms with van der Waals surface area (Å²) in [5.74, 6) is 0. The van der Waals surface area contributed by atoms with Crippen LogP contribution in [-0.4, -0.2) is 20.7 Å². The molecule has 0 aromatic heterocycles. The second kappa shape index (κ2) is 4.96. The predicted octanol–water partition coefficient (Wildman–Crippen LogP) is 1.65. The Morgan fingerprint density at radius 2 is 1.46 bits per heavy atom. The molecule has 0 spiro atoms. The van der Waals surface area contributed by atoms with Crippen molar-refractivity contribution in [3.8, 4) is 0 Å². The minimum absolute atomic E-state index is 0.190. The van der Waals surface area contributed by atoms with Crippen LogP contribution in [0.3, 0.4) is 0 Å². The van der Waals surface area contributed by atoms with Crippen LogP contribution in [0.1, 0.15) is 44.9 Å². The monoisotopic (exact) mass is 205 g/mol. The van der Waals surface area contributed by atoms with E-state index in [1.807, 2.05) is 0 Å². The van der Waals surface area contributed by atoms with Gasteiger partial charge in [0.2, 0.25) is 10.0 Å². The Morgan fingerprint density at radius 1 is 1.00 bits per heavy atom. The first kappa shape index (κ1) is 11.0. The molecule has 0 bridgehead atoms. The molecule has 0 aliphatic heterocycles. The Kier molecular flexibility index (Phi) is 4.19. The van der Waals surface area contributed by atoms with Gasteiger partial charge in [-0.1, -0.05) is 32.1 Å². The smallest absolute Gasteiger partial charge is 0.208 e. The summed E-state index contributed by atoms with van der Waals surface area (Å²) < 4.78 is 24.7. The van der Waals surface area contributed by atoms with Gasteiger partial charge in [0.15, 0.2) is 0 Å². The van der Waals surface area contributed by atoms with Crippen molar-refractivity contribution in [1.29, 1.82) is 0 Å². The van der Waals surface area contributed by atoms with Crippen molar-refractivity contribution in [1.82, 2.24) is 4.72 Å². The molecule has 0 radical (unpaired) electrons. The summed E-state index contributed by atoms with van der Waals surface area (Å²) in [6.45, 7) is 0. The fourth-order valence-corrected chi connectivity index (χ4v) is 2.72. The van der Waals surface area contributed by atoms with E-state index in [9.17, 15) is 8.42 Å². The summed E-state index contributed by atoms with van der Waals surface area (Å²) in [5.41, 5.74) is 0. The Bertz CT molecular complexity index is 228. The molecule has 1 fully saturated rings. The first-order chi connectivity index (χ1) is 6.08. The van der Waals surface area contributed by atoms with E-state index in [1.54, 1.807) is 0 Å². The van der Waals surface area contributed by atoms with E-state index in [0.717, 1.165) is 25.7 Å². The zero-order chi connectivity index (χ0) is 9.73. The first-order valence-corrected chi connectivity index (χ1v) is 6.94. The van der Waals surface area contributed by atoms with E-state index in [-0.39, 0.29) is 6.04 Å². The van der Waals surface area contributed by atoms with Crippen LogP contribution in [0.25, 0.3) is 0 Å². The lowest BCUT2D eigenvalue weighted by atomic mass is 9.97. The van der Waals surface area contributed by atoms with Gasteiger partial charge in [0, 0.05) is 6.04 Å². The lowest BCUT2D eigenvalue weighted by Gasteiger charge is -2.19. The van der Waals surface area contributed by atoms with Gasteiger partial charge in [0.25, 0.3) is 0 Å². The van der Waals surface area contributed by atoms with Crippen molar-refractivity contribution in [3.63, 3.8) is 0 Å². The third-order valence-corrected chi connectivity index (χ3v) is 3.25. The molecule has 3 nitrogen and oxygen atoms in total. The van der Waals surface area contributed by atoms with Crippen LogP contribution < -0.4 is 4.72 Å². The maximum Gasteiger partial charge on any atom is 0.208 e. The highest BCUT2D eigenvalue weighted by atomic mass is 32.2. The molecule has 0 amide bonds. The lowest BCUT2D eigenvalue weighted by molar-refractivity contribution is 0.427. The average Bonchev–Trinajstić information content (AvgIpc) is 1.92. The fraction of sp³-hybridized carbons (Fsp3) is 1.00. The van der Waals surface area contributed by atoms with Gasteiger partial charge < -0.3 is 0 Å². The SMILES string of the molecule is CS(=O)(=O)NC1CCCCCCC1. The highest BCUT2D eigenvalue weighted by molar-refractivity contribution is 7.88. The van der Waals surface area contributed by atoms with Gasteiger partial charge in [-0.25, -0.2) is 13.1 Å². The molecule has 1 saturated carbocycles. The standard InChI is InChI=1S/C9H19NO2S/c1-13(11,12)10-9-7-5-3-2-4-6-8-9/h9-10H,2-8H2,1H3. The molecule has 0 saturated heterocycles. The quantitative estimate of drug-likeness (QED) is 0.745. The average molecular weight is 205 g/mol. The number of rotatable bonds is 2. The minimum atomic E-state index is -3.00. The third kappa shape index (κ3) is 5.26. The van der Waals surface area contributed by atoms with Crippen LogP contribution >= 0.6 is 0 Å². The minimum Gasteiger partial charge on any atom is -0.213 e. The van der Waals surface area contributed by atoms with Crippen LogP contribution in [0.5, 0.6) is 0 Å². The molecule has 1 N–H and O–H groups in total. The summed E-state index contributed by atoms with van der Waals surface area (Å²) in [6, 6.07) is 0.190. The molecule has 4 heteroatoms. The molecular weight excluding hydrogens is 186 g/mol. The molecular formula is C9H19NO2S. The van der Waals surface area contributed by atoms with Gasteiger partial charge in [-0.3, -0.25) is 0 Å². The number of sulfonamides is 1. The van der Waals surface area contributed by atoms with E-state index in [0.29, 0.717) is 0 Å². The van der Waals surface area contributed by atoms with Crippen LogP contribution in [0.4, 0.5) is 0 Å². The molecule has 0 aromatic rings.